The minimum absolute atomic E-state index is 0.0809. The molecule has 1 unspecified atom stereocenters. The highest BCUT2D eigenvalue weighted by molar-refractivity contribution is 5.74. The first-order chi connectivity index (χ1) is 10.0. The van der Waals surface area contributed by atoms with Crippen LogP contribution in [0.2, 0.25) is 0 Å². The molecule has 1 atom stereocenters. The highest BCUT2D eigenvalue weighted by Gasteiger charge is 2.13. The lowest BCUT2D eigenvalue weighted by Crippen LogP contribution is -2.41. The molecule has 3 N–H and O–H groups in total. The van der Waals surface area contributed by atoms with E-state index in [1.54, 1.807) is 4.90 Å². The Labute approximate surface area is 127 Å². The molecule has 0 saturated carbocycles. The summed E-state index contributed by atoms with van der Waals surface area (Å²) in [5, 5.41) is 20.4. The standard InChI is InChI=1S/C15H30N2O4/c1-3-6-13(7-8-14(19)20)9-10-16-15(21)17(4-2)11-5-12-18/h13,18H,3-12H2,1-2H3,(H,16,21)(H,19,20). The van der Waals surface area contributed by atoms with Gasteiger partial charge in [0.1, 0.15) is 0 Å². The lowest BCUT2D eigenvalue weighted by molar-refractivity contribution is -0.137. The second-order valence-corrected chi connectivity index (χ2v) is 5.26. The molecule has 0 radical (unpaired) electrons. The number of nitrogens with one attached hydrogen (secondary N) is 1. The number of rotatable bonds is 12. The monoisotopic (exact) mass is 302 g/mol. The number of carbonyl (C=O) groups is 2. The molecule has 0 aromatic heterocycles. The molecule has 0 aliphatic carbocycles. The number of aliphatic hydroxyl groups is 1. The van der Waals surface area contributed by atoms with Crippen molar-refractivity contribution in [3.05, 3.63) is 0 Å². The average Bonchev–Trinajstić information content (AvgIpc) is 2.45. The molecule has 0 aromatic carbocycles. The molecule has 124 valence electrons. The van der Waals surface area contributed by atoms with Crippen molar-refractivity contribution < 1.29 is 19.8 Å². The number of hydrogen-bond donors (Lipinski definition) is 3. The molecule has 6 heteroatoms. The number of carboxylic acid groups (broad SMARTS) is 1. The number of urea groups is 1. The third-order valence-electron chi connectivity index (χ3n) is 3.55. The summed E-state index contributed by atoms with van der Waals surface area (Å²) in [6.07, 6.45) is 4.26. The third-order valence-corrected chi connectivity index (χ3v) is 3.55. The van der Waals surface area contributed by atoms with Crippen molar-refractivity contribution in [2.45, 2.75) is 52.4 Å². The van der Waals surface area contributed by atoms with Crippen molar-refractivity contribution in [1.29, 1.82) is 0 Å². The number of carbonyl (C=O) groups excluding carboxylic acids is 1. The van der Waals surface area contributed by atoms with Crippen LogP contribution in [0.5, 0.6) is 0 Å². The van der Waals surface area contributed by atoms with Crippen molar-refractivity contribution in [3.63, 3.8) is 0 Å². The van der Waals surface area contributed by atoms with Crippen LogP contribution in [-0.2, 0) is 4.79 Å². The van der Waals surface area contributed by atoms with Crippen molar-refractivity contribution in [3.8, 4) is 0 Å². The Morgan fingerprint density at radius 2 is 1.90 bits per heavy atom. The molecule has 0 spiro atoms. The molecule has 2 amide bonds. The van der Waals surface area contributed by atoms with Gasteiger partial charge in [-0.05, 0) is 32.1 Å². The fourth-order valence-electron chi connectivity index (χ4n) is 2.33. The maximum Gasteiger partial charge on any atom is 0.317 e. The number of aliphatic hydroxyl groups excluding tert-OH is 1. The van der Waals surface area contributed by atoms with Gasteiger partial charge in [-0.1, -0.05) is 19.8 Å². The number of hydrogen-bond acceptors (Lipinski definition) is 3. The van der Waals surface area contributed by atoms with Gasteiger partial charge in [0.15, 0.2) is 0 Å². The van der Waals surface area contributed by atoms with Crippen LogP contribution < -0.4 is 5.32 Å². The summed E-state index contributed by atoms with van der Waals surface area (Å²) in [6.45, 7) is 5.81. The Morgan fingerprint density at radius 3 is 2.43 bits per heavy atom. The Morgan fingerprint density at radius 1 is 1.19 bits per heavy atom. The molecule has 21 heavy (non-hydrogen) atoms. The molecular weight excluding hydrogens is 272 g/mol. The van der Waals surface area contributed by atoms with Crippen molar-refractivity contribution in [2.75, 3.05) is 26.2 Å². The number of aliphatic carboxylic acids is 1. The first-order valence-corrected chi connectivity index (χ1v) is 7.90. The molecule has 0 rings (SSSR count). The first-order valence-electron chi connectivity index (χ1n) is 7.90. The lowest BCUT2D eigenvalue weighted by Gasteiger charge is -2.22. The van der Waals surface area contributed by atoms with Crippen LogP contribution in [0.3, 0.4) is 0 Å². The Hall–Kier alpha value is -1.30. The third kappa shape index (κ3) is 10.1. The molecule has 0 aromatic rings. The van der Waals surface area contributed by atoms with Gasteiger partial charge in [0.05, 0.1) is 0 Å². The van der Waals surface area contributed by atoms with Crippen LogP contribution in [-0.4, -0.2) is 53.4 Å². The summed E-state index contributed by atoms with van der Waals surface area (Å²) in [5.74, 6) is -0.416. The first kappa shape index (κ1) is 19.7. The van der Waals surface area contributed by atoms with E-state index in [0.717, 1.165) is 19.3 Å². The second-order valence-electron chi connectivity index (χ2n) is 5.26. The average molecular weight is 302 g/mol. The van der Waals surface area contributed by atoms with Gasteiger partial charge in [-0.15, -0.1) is 0 Å². The summed E-state index contributed by atoms with van der Waals surface area (Å²) in [5.41, 5.74) is 0. The summed E-state index contributed by atoms with van der Waals surface area (Å²) < 4.78 is 0. The van der Waals surface area contributed by atoms with Gasteiger partial charge in [-0.3, -0.25) is 4.79 Å². The minimum atomic E-state index is -0.763. The van der Waals surface area contributed by atoms with E-state index in [-0.39, 0.29) is 19.1 Å². The summed E-state index contributed by atoms with van der Waals surface area (Å²) >= 11 is 0. The Balaban J connectivity index is 4.04. The number of carboxylic acids is 1. The molecule has 0 heterocycles. The van der Waals surface area contributed by atoms with E-state index in [1.165, 1.54) is 0 Å². The van der Waals surface area contributed by atoms with Gasteiger partial charge in [-0.2, -0.15) is 0 Å². The number of amides is 2. The van der Waals surface area contributed by atoms with E-state index < -0.39 is 5.97 Å². The SMILES string of the molecule is CCCC(CCNC(=O)N(CC)CCCO)CCC(=O)O. The zero-order valence-corrected chi connectivity index (χ0v) is 13.3. The van der Waals surface area contributed by atoms with E-state index in [1.807, 2.05) is 6.92 Å². The summed E-state index contributed by atoms with van der Waals surface area (Å²) in [4.78, 5) is 24.2. The van der Waals surface area contributed by atoms with Crippen LogP contribution in [0.4, 0.5) is 4.79 Å². The van der Waals surface area contributed by atoms with Gasteiger partial charge < -0.3 is 20.4 Å². The molecule has 0 aliphatic heterocycles. The highest BCUT2D eigenvalue weighted by atomic mass is 16.4. The largest absolute Gasteiger partial charge is 0.481 e. The van der Waals surface area contributed by atoms with Gasteiger partial charge >= 0.3 is 12.0 Å². The van der Waals surface area contributed by atoms with E-state index in [9.17, 15) is 9.59 Å². The zero-order valence-electron chi connectivity index (χ0n) is 13.3. The van der Waals surface area contributed by atoms with Crippen molar-refractivity contribution >= 4 is 12.0 Å². The van der Waals surface area contributed by atoms with E-state index >= 15 is 0 Å². The van der Waals surface area contributed by atoms with Crippen LogP contribution in [0, 0.1) is 5.92 Å². The molecule has 6 nitrogen and oxygen atoms in total. The smallest absolute Gasteiger partial charge is 0.317 e. The molecule has 0 bridgehead atoms. The summed E-state index contributed by atoms with van der Waals surface area (Å²) in [6, 6.07) is -0.112. The van der Waals surface area contributed by atoms with Gasteiger partial charge in [0, 0.05) is 32.7 Å². The normalized spacial score (nSPS) is 12.0. The van der Waals surface area contributed by atoms with Crippen molar-refractivity contribution in [2.24, 2.45) is 5.92 Å². The number of nitrogens with zero attached hydrogens (tertiary/aromatic N) is 1. The van der Waals surface area contributed by atoms with E-state index in [4.69, 9.17) is 10.2 Å². The lowest BCUT2D eigenvalue weighted by atomic mass is 9.94. The van der Waals surface area contributed by atoms with E-state index in [2.05, 4.69) is 12.2 Å². The minimum Gasteiger partial charge on any atom is -0.481 e. The quantitative estimate of drug-likeness (QED) is 0.515. The fourth-order valence-corrected chi connectivity index (χ4v) is 2.33. The highest BCUT2D eigenvalue weighted by Crippen LogP contribution is 2.17. The van der Waals surface area contributed by atoms with Crippen molar-refractivity contribution in [1.82, 2.24) is 10.2 Å². The van der Waals surface area contributed by atoms with Gasteiger partial charge in [0.25, 0.3) is 0 Å². The maximum absolute atomic E-state index is 11.9. The zero-order chi connectivity index (χ0) is 16.1. The maximum atomic E-state index is 11.9. The topological polar surface area (TPSA) is 89.9 Å². The molecule has 0 saturated heterocycles. The second kappa shape index (κ2) is 12.4. The molecular formula is C15H30N2O4. The van der Waals surface area contributed by atoms with Crippen LogP contribution in [0.25, 0.3) is 0 Å². The van der Waals surface area contributed by atoms with Crippen LogP contribution in [0.1, 0.15) is 52.4 Å². The Bertz CT molecular complexity index is 297. The van der Waals surface area contributed by atoms with Gasteiger partial charge in [-0.25, -0.2) is 4.79 Å². The van der Waals surface area contributed by atoms with Crippen LogP contribution >= 0.6 is 0 Å². The summed E-state index contributed by atoms with van der Waals surface area (Å²) in [7, 11) is 0. The molecule has 0 fully saturated rings. The fraction of sp³-hybridized carbons (Fsp3) is 0.867. The van der Waals surface area contributed by atoms with E-state index in [0.29, 0.717) is 38.4 Å². The van der Waals surface area contributed by atoms with Crippen LogP contribution in [0.15, 0.2) is 0 Å². The van der Waals surface area contributed by atoms with Gasteiger partial charge in [0.2, 0.25) is 0 Å². The predicted molar refractivity (Wildman–Crippen MR) is 82.2 cm³/mol. The Kier molecular flexibility index (Phi) is 11.7. The predicted octanol–water partition coefficient (Wildman–Crippen LogP) is 2.07. The molecule has 0 aliphatic rings.